The third kappa shape index (κ3) is 2.48. The Hall–Kier alpha value is -1.55. The van der Waals surface area contributed by atoms with Crippen molar-refractivity contribution in [2.45, 2.75) is 32.8 Å². The molecule has 1 atom stereocenters. The number of hydrogen-bond donors (Lipinski definition) is 1. The molecule has 1 heterocycles. The highest BCUT2D eigenvalue weighted by Gasteiger charge is 2.28. The summed E-state index contributed by atoms with van der Waals surface area (Å²) in [5.74, 6) is 0. The van der Waals surface area contributed by atoms with Crippen molar-refractivity contribution in [2.75, 3.05) is 18.0 Å². The van der Waals surface area contributed by atoms with E-state index in [4.69, 9.17) is 10.5 Å². The van der Waals surface area contributed by atoms with Crippen molar-refractivity contribution in [3.63, 3.8) is 0 Å². The summed E-state index contributed by atoms with van der Waals surface area (Å²) in [6.45, 7) is 5.34. The molecule has 0 saturated carbocycles. The van der Waals surface area contributed by atoms with Crippen LogP contribution in [0.4, 0.5) is 10.5 Å². The van der Waals surface area contributed by atoms with Crippen LogP contribution in [0, 0.1) is 13.8 Å². The summed E-state index contributed by atoms with van der Waals surface area (Å²) in [5.41, 5.74) is 8.76. The molecule has 0 spiro atoms. The van der Waals surface area contributed by atoms with E-state index in [2.05, 4.69) is 0 Å². The van der Waals surface area contributed by atoms with Crippen molar-refractivity contribution in [1.29, 1.82) is 0 Å². The molecule has 1 aliphatic rings. The van der Waals surface area contributed by atoms with E-state index in [1.54, 1.807) is 4.90 Å². The van der Waals surface area contributed by atoms with E-state index >= 15 is 0 Å². The third-order valence-corrected chi connectivity index (χ3v) is 3.52. The standard InChI is InChI=1S/C14H20N2O2/c1-10-4-3-5-13(11(10)2)16-9-7-12(6-8-15)18-14(16)17/h3-5,12H,6-9,15H2,1-2H3. The predicted octanol–water partition coefficient (Wildman–Crippen LogP) is 2.37. The second-order valence-electron chi connectivity index (χ2n) is 4.74. The maximum atomic E-state index is 12.0. The molecule has 98 valence electrons. The van der Waals surface area contributed by atoms with E-state index in [-0.39, 0.29) is 12.2 Å². The van der Waals surface area contributed by atoms with E-state index < -0.39 is 0 Å². The number of cyclic esters (lactones) is 1. The van der Waals surface area contributed by atoms with Crippen molar-refractivity contribution >= 4 is 11.8 Å². The van der Waals surface area contributed by atoms with Gasteiger partial charge in [-0.1, -0.05) is 12.1 Å². The van der Waals surface area contributed by atoms with Gasteiger partial charge in [-0.25, -0.2) is 4.79 Å². The zero-order valence-electron chi connectivity index (χ0n) is 11.0. The quantitative estimate of drug-likeness (QED) is 0.893. The van der Waals surface area contributed by atoms with Gasteiger partial charge in [0.25, 0.3) is 0 Å². The molecule has 4 heteroatoms. The summed E-state index contributed by atoms with van der Waals surface area (Å²) in [4.78, 5) is 13.7. The summed E-state index contributed by atoms with van der Waals surface area (Å²) >= 11 is 0. The van der Waals surface area contributed by atoms with Crippen LogP contribution >= 0.6 is 0 Å². The van der Waals surface area contributed by atoms with Crippen LogP contribution in [0.2, 0.25) is 0 Å². The number of aryl methyl sites for hydroxylation is 1. The summed E-state index contributed by atoms with van der Waals surface area (Å²) in [6.07, 6.45) is 1.31. The van der Waals surface area contributed by atoms with Gasteiger partial charge in [0.05, 0.1) is 5.69 Å². The van der Waals surface area contributed by atoms with Gasteiger partial charge in [0.2, 0.25) is 0 Å². The summed E-state index contributed by atoms with van der Waals surface area (Å²) in [6, 6.07) is 5.98. The van der Waals surface area contributed by atoms with Gasteiger partial charge in [0.1, 0.15) is 6.10 Å². The maximum absolute atomic E-state index is 12.0. The number of anilines is 1. The average molecular weight is 248 g/mol. The lowest BCUT2D eigenvalue weighted by molar-refractivity contribution is 0.0806. The molecule has 1 fully saturated rings. The van der Waals surface area contributed by atoms with Gasteiger partial charge in [-0.15, -0.1) is 0 Å². The van der Waals surface area contributed by atoms with Crippen molar-refractivity contribution in [2.24, 2.45) is 5.73 Å². The first kappa shape index (κ1) is 12.9. The number of benzene rings is 1. The lowest BCUT2D eigenvalue weighted by Gasteiger charge is -2.32. The van der Waals surface area contributed by atoms with Crippen LogP contribution in [0.3, 0.4) is 0 Å². The monoisotopic (exact) mass is 248 g/mol. The van der Waals surface area contributed by atoms with Crippen LogP contribution in [-0.4, -0.2) is 25.3 Å². The van der Waals surface area contributed by atoms with Crippen LogP contribution < -0.4 is 10.6 Å². The normalized spacial score (nSPS) is 19.8. The zero-order valence-corrected chi connectivity index (χ0v) is 11.0. The molecule has 2 N–H and O–H groups in total. The van der Waals surface area contributed by atoms with Gasteiger partial charge in [-0.05, 0) is 44.0 Å². The number of rotatable bonds is 3. The molecule has 1 aromatic rings. The van der Waals surface area contributed by atoms with E-state index in [1.807, 2.05) is 32.0 Å². The van der Waals surface area contributed by atoms with Gasteiger partial charge in [-0.3, -0.25) is 4.90 Å². The average Bonchev–Trinajstić information content (AvgIpc) is 2.34. The van der Waals surface area contributed by atoms with Crippen LogP contribution in [0.5, 0.6) is 0 Å². The number of amides is 1. The van der Waals surface area contributed by atoms with E-state index in [1.165, 1.54) is 5.56 Å². The molecule has 1 unspecified atom stereocenters. The zero-order chi connectivity index (χ0) is 13.1. The van der Waals surface area contributed by atoms with Gasteiger partial charge < -0.3 is 10.5 Å². The SMILES string of the molecule is Cc1cccc(N2CCC(CCN)OC2=O)c1C. The number of hydrogen-bond acceptors (Lipinski definition) is 3. The van der Waals surface area contributed by atoms with Crippen molar-refractivity contribution in [3.05, 3.63) is 29.3 Å². The highest BCUT2D eigenvalue weighted by Crippen LogP contribution is 2.27. The molecule has 1 aliphatic heterocycles. The fraction of sp³-hybridized carbons (Fsp3) is 0.500. The Kier molecular flexibility index (Phi) is 3.87. The first-order chi connectivity index (χ1) is 8.63. The Bertz CT molecular complexity index is 445. The first-order valence-corrected chi connectivity index (χ1v) is 6.38. The van der Waals surface area contributed by atoms with Crippen molar-refractivity contribution in [3.8, 4) is 0 Å². The molecule has 1 aromatic carbocycles. The minimum Gasteiger partial charge on any atom is -0.446 e. The number of nitrogens with two attached hydrogens (primary N) is 1. The Morgan fingerprint density at radius 1 is 1.44 bits per heavy atom. The smallest absolute Gasteiger partial charge is 0.414 e. The summed E-state index contributed by atoms with van der Waals surface area (Å²) in [7, 11) is 0. The number of carbonyl (C=O) groups excluding carboxylic acids is 1. The highest BCUT2D eigenvalue weighted by atomic mass is 16.6. The summed E-state index contributed by atoms with van der Waals surface area (Å²) < 4.78 is 5.40. The molecule has 0 aromatic heterocycles. The molecule has 1 amide bonds. The number of ether oxygens (including phenoxy) is 1. The molecular weight excluding hydrogens is 228 g/mol. The van der Waals surface area contributed by atoms with Crippen LogP contribution in [0.1, 0.15) is 24.0 Å². The summed E-state index contributed by atoms with van der Waals surface area (Å²) in [5, 5.41) is 0. The van der Waals surface area contributed by atoms with Gasteiger partial charge in [0.15, 0.2) is 0 Å². The van der Waals surface area contributed by atoms with E-state index in [0.717, 1.165) is 24.1 Å². The van der Waals surface area contributed by atoms with Crippen molar-refractivity contribution in [1.82, 2.24) is 0 Å². The Morgan fingerprint density at radius 3 is 2.89 bits per heavy atom. The molecule has 0 bridgehead atoms. The molecule has 4 nitrogen and oxygen atoms in total. The van der Waals surface area contributed by atoms with Crippen LogP contribution in [0.25, 0.3) is 0 Å². The predicted molar refractivity (Wildman–Crippen MR) is 71.8 cm³/mol. The molecule has 0 aliphatic carbocycles. The van der Waals surface area contributed by atoms with Gasteiger partial charge in [0, 0.05) is 13.0 Å². The Labute approximate surface area is 108 Å². The Balaban J connectivity index is 2.16. The molecule has 18 heavy (non-hydrogen) atoms. The lowest BCUT2D eigenvalue weighted by atomic mass is 10.1. The van der Waals surface area contributed by atoms with E-state index in [0.29, 0.717) is 13.1 Å². The largest absolute Gasteiger partial charge is 0.446 e. The lowest BCUT2D eigenvalue weighted by Crippen LogP contribution is -2.43. The Morgan fingerprint density at radius 2 is 2.22 bits per heavy atom. The first-order valence-electron chi connectivity index (χ1n) is 6.38. The molecule has 1 saturated heterocycles. The number of nitrogens with zero attached hydrogens (tertiary/aromatic N) is 1. The van der Waals surface area contributed by atoms with E-state index in [9.17, 15) is 4.79 Å². The topological polar surface area (TPSA) is 55.6 Å². The number of carbonyl (C=O) groups is 1. The fourth-order valence-electron chi connectivity index (χ4n) is 2.27. The van der Waals surface area contributed by atoms with Gasteiger partial charge >= 0.3 is 6.09 Å². The highest BCUT2D eigenvalue weighted by molar-refractivity contribution is 5.89. The molecule has 0 radical (unpaired) electrons. The van der Waals surface area contributed by atoms with Gasteiger partial charge in [-0.2, -0.15) is 0 Å². The molecule has 2 rings (SSSR count). The van der Waals surface area contributed by atoms with Crippen LogP contribution in [0.15, 0.2) is 18.2 Å². The molecular formula is C14H20N2O2. The minimum atomic E-state index is -0.256. The van der Waals surface area contributed by atoms with Crippen LogP contribution in [-0.2, 0) is 4.74 Å². The third-order valence-electron chi connectivity index (χ3n) is 3.52. The maximum Gasteiger partial charge on any atom is 0.414 e. The second-order valence-corrected chi connectivity index (χ2v) is 4.74. The fourth-order valence-corrected chi connectivity index (χ4v) is 2.27. The van der Waals surface area contributed by atoms with Crippen molar-refractivity contribution < 1.29 is 9.53 Å². The second kappa shape index (κ2) is 5.40. The minimum absolute atomic E-state index is 0.0242.